The van der Waals surface area contributed by atoms with Crippen LogP contribution in [0, 0.1) is 6.92 Å². The summed E-state index contributed by atoms with van der Waals surface area (Å²) in [6.45, 7) is 1.84. The number of hydrogen-bond donors (Lipinski definition) is 1. The van der Waals surface area contributed by atoms with Gasteiger partial charge in [0, 0.05) is 18.5 Å². The Bertz CT molecular complexity index is 479. The van der Waals surface area contributed by atoms with Gasteiger partial charge in [-0.25, -0.2) is 9.97 Å². The second-order valence-electron chi connectivity index (χ2n) is 2.92. The van der Waals surface area contributed by atoms with Crippen LogP contribution >= 0.6 is 11.6 Å². The Morgan fingerprint density at radius 3 is 2.60 bits per heavy atom. The Labute approximate surface area is 91.4 Å². The van der Waals surface area contributed by atoms with Crippen LogP contribution in [0.3, 0.4) is 0 Å². The molecular formula is C9H8ClN5. The lowest BCUT2D eigenvalue weighted by Crippen LogP contribution is -1.99. The molecule has 15 heavy (non-hydrogen) atoms. The summed E-state index contributed by atoms with van der Waals surface area (Å²) in [4.78, 5) is 16.1. The first-order valence-electron chi connectivity index (χ1n) is 4.25. The van der Waals surface area contributed by atoms with E-state index in [2.05, 4.69) is 19.9 Å². The molecule has 0 saturated carbocycles. The molecule has 0 amide bonds. The average Bonchev–Trinajstić information content (AvgIpc) is 2.16. The van der Waals surface area contributed by atoms with Crippen molar-refractivity contribution in [2.45, 2.75) is 6.92 Å². The second-order valence-corrected chi connectivity index (χ2v) is 3.31. The normalized spacial score (nSPS) is 10.3. The monoisotopic (exact) mass is 221 g/mol. The van der Waals surface area contributed by atoms with Crippen LogP contribution < -0.4 is 5.73 Å². The number of aromatic nitrogens is 4. The van der Waals surface area contributed by atoms with Gasteiger partial charge in [0.2, 0.25) is 5.95 Å². The lowest BCUT2D eigenvalue weighted by Gasteiger charge is -2.03. The zero-order valence-corrected chi connectivity index (χ0v) is 8.73. The van der Waals surface area contributed by atoms with Gasteiger partial charge in [-0.1, -0.05) is 11.6 Å². The number of aryl methyl sites for hydroxylation is 1. The van der Waals surface area contributed by atoms with Gasteiger partial charge in [0.25, 0.3) is 0 Å². The summed E-state index contributed by atoms with van der Waals surface area (Å²) in [7, 11) is 0. The van der Waals surface area contributed by atoms with Crippen LogP contribution in [0.25, 0.3) is 11.4 Å². The van der Waals surface area contributed by atoms with Gasteiger partial charge >= 0.3 is 0 Å². The van der Waals surface area contributed by atoms with E-state index in [0.29, 0.717) is 16.5 Å². The SMILES string of the molecule is Cc1nccnc1-c1cc(Cl)nc(N)n1. The number of rotatable bonds is 1. The maximum Gasteiger partial charge on any atom is 0.222 e. The molecule has 0 radical (unpaired) electrons. The van der Waals surface area contributed by atoms with Crippen molar-refractivity contribution in [1.82, 2.24) is 19.9 Å². The van der Waals surface area contributed by atoms with Crippen molar-refractivity contribution in [1.29, 1.82) is 0 Å². The van der Waals surface area contributed by atoms with Gasteiger partial charge < -0.3 is 5.73 Å². The third kappa shape index (κ3) is 2.02. The number of halogens is 1. The molecule has 0 aromatic carbocycles. The highest BCUT2D eigenvalue weighted by molar-refractivity contribution is 6.29. The van der Waals surface area contributed by atoms with E-state index >= 15 is 0 Å². The van der Waals surface area contributed by atoms with Crippen LogP contribution in [0.4, 0.5) is 5.95 Å². The highest BCUT2D eigenvalue weighted by Crippen LogP contribution is 2.20. The smallest absolute Gasteiger partial charge is 0.222 e. The molecule has 2 N–H and O–H groups in total. The number of hydrogen-bond acceptors (Lipinski definition) is 5. The van der Waals surface area contributed by atoms with Crippen LogP contribution in [-0.4, -0.2) is 19.9 Å². The van der Waals surface area contributed by atoms with E-state index in [0.717, 1.165) is 5.69 Å². The number of nitrogen functional groups attached to an aromatic ring is 1. The van der Waals surface area contributed by atoms with Crippen LogP contribution in [0.1, 0.15) is 5.69 Å². The van der Waals surface area contributed by atoms with E-state index in [1.54, 1.807) is 18.5 Å². The third-order valence-electron chi connectivity index (χ3n) is 1.84. The van der Waals surface area contributed by atoms with E-state index in [1.165, 1.54) is 0 Å². The second kappa shape index (κ2) is 3.78. The topological polar surface area (TPSA) is 77.6 Å². The van der Waals surface area contributed by atoms with E-state index in [1.807, 2.05) is 6.92 Å². The molecule has 0 fully saturated rings. The van der Waals surface area contributed by atoms with Crippen molar-refractivity contribution in [3.63, 3.8) is 0 Å². The molecule has 6 heteroatoms. The molecule has 2 heterocycles. The molecule has 2 rings (SSSR count). The molecule has 0 aliphatic carbocycles. The van der Waals surface area contributed by atoms with Gasteiger partial charge in [0.1, 0.15) is 10.8 Å². The Hall–Kier alpha value is -1.75. The van der Waals surface area contributed by atoms with Crippen molar-refractivity contribution in [3.05, 3.63) is 29.3 Å². The minimum atomic E-state index is 0.127. The maximum absolute atomic E-state index is 5.77. The summed E-state index contributed by atoms with van der Waals surface area (Å²) in [5, 5.41) is 0.294. The molecule has 76 valence electrons. The average molecular weight is 222 g/mol. The van der Waals surface area contributed by atoms with Gasteiger partial charge in [-0.05, 0) is 6.92 Å². The summed E-state index contributed by atoms with van der Waals surface area (Å²) in [5.41, 5.74) is 7.50. The summed E-state index contributed by atoms with van der Waals surface area (Å²) < 4.78 is 0. The van der Waals surface area contributed by atoms with Gasteiger partial charge in [0.05, 0.1) is 11.4 Å². The molecule has 0 saturated heterocycles. The van der Waals surface area contributed by atoms with Crippen LogP contribution in [0.2, 0.25) is 5.15 Å². The predicted octanol–water partition coefficient (Wildman–Crippen LogP) is 1.48. The molecule has 0 atom stereocenters. The van der Waals surface area contributed by atoms with Crippen LogP contribution in [0.5, 0.6) is 0 Å². The summed E-state index contributed by atoms with van der Waals surface area (Å²) in [6.07, 6.45) is 3.21. The molecule has 2 aromatic rings. The Kier molecular flexibility index (Phi) is 2.47. The highest BCUT2D eigenvalue weighted by Gasteiger charge is 2.07. The van der Waals surface area contributed by atoms with Crippen molar-refractivity contribution < 1.29 is 0 Å². The standard InChI is InChI=1S/C9H8ClN5/c1-5-8(13-3-2-12-5)6-4-7(10)15-9(11)14-6/h2-4H,1H3,(H2,11,14,15). The summed E-state index contributed by atoms with van der Waals surface area (Å²) >= 11 is 5.77. The summed E-state index contributed by atoms with van der Waals surface area (Å²) in [5.74, 6) is 0.127. The lowest BCUT2D eigenvalue weighted by molar-refractivity contribution is 1.09. The number of nitrogens with two attached hydrogens (primary N) is 1. The number of nitrogens with zero attached hydrogens (tertiary/aromatic N) is 4. The highest BCUT2D eigenvalue weighted by atomic mass is 35.5. The predicted molar refractivity (Wildman–Crippen MR) is 57.2 cm³/mol. The molecule has 0 spiro atoms. The molecule has 0 aliphatic heterocycles. The maximum atomic E-state index is 5.77. The zero-order chi connectivity index (χ0) is 10.8. The largest absolute Gasteiger partial charge is 0.368 e. The van der Waals surface area contributed by atoms with Crippen molar-refractivity contribution >= 4 is 17.5 Å². The number of anilines is 1. The van der Waals surface area contributed by atoms with Gasteiger partial charge in [0.15, 0.2) is 0 Å². The zero-order valence-electron chi connectivity index (χ0n) is 7.98. The molecular weight excluding hydrogens is 214 g/mol. The van der Waals surface area contributed by atoms with Crippen molar-refractivity contribution in [2.75, 3.05) is 5.73 Å². The molecule has 2 aromatic heterocycles. The van der Waals surface area contributed by atoms with Crippen LogP contribution in [0.15, 0.2) is 18.5 Å². The fourth-order valence-corrected chi connectivity index (χ4v) is 1.41. The van der Waals surface area contributed by atoms with Crippen LogP contribution in [-0.2, 0) is 0 Å². The fraction of sp³-hybridized carbons (Fsp3) is 0.111. The van der Waals surface area contributed by atoms with Crippen molar-refractivity contribution in [3.8, 4) is 11.4 Å². The molecule has 5 nitrogen and oxygen atoms in total. The first-order valence-corrected chi connectivity index (χ1v) is 4.62. The van der Waals surface area contributed by atoms with Gasteiger partial charge in [-0.3, -0.25) is 9.97 Å². The Balaban J connectivity index is 2.59. The first-order chi connectivity index (χ1) is 7.16. The van der Waals surface area contributed by atoms with E-state index < -0.39 is 0 Å². The Morgan fingerprint density at radius 2 is 1.93 bits per heavy atom. The van der Waals surface area contributed by atoms with Crippen molar-refractivity contribution in [2.24, 2.45) is 0 Å². The third-order valence-corrected chi connectivity index (χ3v) is 2.03. The van der Waals surface area contributed by atoms with E-state index in [-0.39, 0.29) is 5.95 Å². The fourth-order valence-electron chi connectivity index (χ4n) is 1.22. The Morgan fingerprint density at radius 1 is 1.20 bits per heavy atom. The lowest BCUT2D eigenvalue weighted by atomic mass is 10.2. The van der Waals surface area contributed by atoms with Gasteiger partial charge in [-0.15, -0.1) is 0 Å². The van der Waals surface area contributed by atoms with E-state index in [4.69, 9.17) is 17.3 Å². The minimum absolute atomic E-state index is 0.127. The molecule has 0 unspecified atom stereocenters. The first kappa shape index (κ1) is 9.79. The quantitative estimate of drug-likeness (QED) is 0.738. The summed E-state index contributed by atoms with van der Waals surface area (Å²) in [6, 6.07) is 1.61. The minimum Gasteiger partial charge on any atom is -0.368 e. The van der Waals surface area contributed by atoms with Gasteiger partial charge in [-0.2, -0.15) is 0 Å². The van der Waals surface area contributed by atoms with E-state index in [9.17, 15) is 0 Å². The molecule has 0 bridgehead atoms. The molecule has 0 aliphatic rings.